The molecule has 1 unspecified atom stereocenters. The highest BCUT2D eigenvalue weighted by molar-refractivity contribution is 7.17. The van der Waals surface area contributed by atoms with E-state index in [1.165, 1.54) is 30.6 Å². The van der Waals surface area contributed by atoms with Crippen LogP contribution in [0.5, 0.6) is 0 Å². The fourth-order valence-corrected chi connectivity index (χ4v) is 3.74. The molecule has 0 spiro atoms. The van der Waals surface area contributed by atoms with Crippen LogP contribution in [0.25, 0.3) is 0 Å². The molecule has 1 saturated carbocycles. The van der Waals surface area contributed by atoms with Crippen molar-refractivity contribution >= 4 is 22.4 Å². The van der Waals surface area contributed by atoms with Gasteiger partial charge in [-0.15, -0.1) is 0 Å². The summed E-state index contributed by atoms with van der Waals surface area (Å²) in [4.78, 5) is 18.7. The average Bonchev–Trinajstić information content (AvgIpc) is 3.15. The third-order valence-corrected chi connectivity index (χ3v) is 5.21. The van der Waals surface area contributed by atoms with Gasteiger partial charge in [0.1, 0.15) is 4.88 Å². The normalized spacial score (nSPS) is 24.3. The molecule has 4 nitrogen and oxygen atoms in total. The fraction of sp³-hybridized carbons (Fsp3) is 0.714. The second-order valence-electron chi connectivity index (χ2n) is 5.81. The van der Waals surface area contributed by atoms with E-state index in [0.717, 1.165) is 42.7 Å². The number of anilines is 1. The summed E-state index contributed by atoms with van der Waals surface area (Å²) in [5.41, 5.74) is 0.838. The van der Waals surface area contributed by atoms with E-state index < -0.39 is 5.97 Å². The molecular weight excluding hydrogens is 260 g/mol. The zero-order valence-corrected chi connectivity index (χ0v) is 12.1. The summed E-state index contributed by atoms with van der Waals surface area (Å²) in [6, 6.07) is 0. The van der Waals surface area contributed by atoms with Gasteiger partial charge in [0.05, 0.1) is 5.69 Å². The van der Waals surface area contributed by atoms with Gasteiger partial charge < -0.3 is 10.0 Å². The zero-order valence-electron chi connectivity index (χ0n) is 11.3. The summed E-state index contributed by atoms with van der Waals surface area (Å²) in [7, 11) is 0. The van der Waals surface area contributed by atoms with Crippen LogP contribution in [0.1, 0.15) is 60.3 Å². The molecule has 2 fully saturated rings. The Labute approximate surface area is 117 Å². The second kappa shape index (κ2) is 5.12. The SMILES string of the molecule is CC1CCCN(c2nc(C3CC3)c(C(=O)O)s2)CC1. The van der Waals surface area contributed by atoms with Crippen LogP contribution in [0.3, 0.4) is 0 Å². The van der Waals surface area contributed by atoms with E-state index in [4.69, 9.17) is 0 Å². The van der Waals surface area contributed by atoms with Crippen LogP contribution in [0.4, 0.5) is 5.13 Å². The molecule has 0 aromatic carbocycles. The topological polar surface area (TPSA) is 53.4 Å². The van der Waals surface area contributed by atoms with Gasteiger partial charge in [-0.3, -0.25) is 0 Å². The molecule has 1 atom stereocenters. The highest BCUT2D eigenvalue weighted by Crippen LogP contribution is 2.44. The van der Waals surface area contributed by atoms with Crippen molar-refractivity contribution in [1.29, 1.82) is 0 Å². The van der Waals surface area contributed by atoms with Crippen LogP contribution in [0.15, 0.2) is 0 Å². The van der Waals surface area contributed by atoms with Crippen molar-refractivity contribution in [2.24, 2.45) is 5.92 Å². The summed E-state index contributed by atoms with van der Waals surface area (Å²) in [6.45, 7) is 4.32. The minimum atomic E-state index is -0.811. The van der Waals surface area contributed by atoms with E-state index in [0.29, 0.717) is 10.8 Å². The molecule has 0 radical (unpaired) electrons. The Morgan fingerprint density at radius 2 is 2.11 bits per heavy atom. The second-order valence-corrected chi connectivity index (χ2v) is 6.79. The molecule has 104 valence electrons. The van der Waals surface area contributed by atoms with Crippen LogP contribution in [-0.2, 0) is 0 Å². The molecule has 1 aliphatic carbocycles. The van der Waals surface area contributed by atoms with Crippen molar-refractivity contribution in [2.45, 2.75) is 44.9 Å². The summed E-state index contributed by atoms with van der Waals surface area (Å²) >= 11 is 1.37. The Morgan fingerprint density at radius 1 is 1.32 bits per heavy atom. The summed E-state index contributed by atoms with van der Waals surface area (Å²) in [5.74, 6) is 0.364. The van der Waals surface area contributed by atoms with Gasteiger partial charge in [-0.2, -0.15) is 0 Å². The first-order valence-corrected chi connectivity index (χ1v) is 7.95. The first kappa shape index (κ1) is 12.9. The van der Waals surface area contributed by atoms with E-state index in [2.05, 4.69) is 16.8 Å². The van der Waals surface area contributed by atoms with E-state index in [1.807, 2.05) is 0 Å². The summed E-state index contributed by atoms with van der Waals surface area (Å²) in [5, 5.41) is 10.2. The smallest absolute Gasteiger partial charge is 0.347 e. The molecule has 0 amide bonds. The fourth-order valence-electron chi connectivity index (χ4n) is 2.70. The van der Waals surface area contributed by atoms with E-state index in [-0.39, 0.29) is 0 Å². The number of aromatic nitrogens is 1. The van der Waals surface area contributed by atoms with Gasteiger partial charge >= 0.3 is 5.97 Å². The van der Waals surface area contributed by atoms with E-state index in [9.17, 15) is 9.90 Å². The van der Waals surface area contributed by atoms with Gasteiger partial charge in [0, 0.05) is 19.0 Å². The Balaban J connectivity index is 1.83. The maximum absolute atomic E-state index is 11.3. The number of carboxylic acid groups (broad SMARTS) is 1. The number of rotatable bonds is 3. The quantitative estimate of drug-likeness (QED) is 0.922. The van der Waals surface area contributed by atoms with Crippen molar-refractivity contribution in [3.8, 4) is 0 Å². The van der Waals surface area contributed by atoms with E-state index >= 15 is 0 Å². The maximum Gasteiger partial charge on any atom is 0.347 e. The monoisotopic (exact) mass is 280 g/mol. The van der Waals surface area contributed by atoms with Gasteiger partial charge in [0.15, 0.2) is 5.13 Å². The van der Waals surface area contributed by atoms with Crippen molar-refractivity contribution in [2.75, 3.05) is 18.0 Å². The average molecular weight is 280 g/mol. The minimum absolute atomic E-state index is 0.405. The molecule has 3 rings (SSSR count). The molecule has 19 heavy (non-hydrogen) atoms. The lowest BCUT2D eigenvalue weighted by Crippen LogP contribution is -2.23. The van der Waals surface area contributed by atoms with Gasteiger partial charge in [0.2, 0.25) is 0 Å². The third kappa shape index (κ3) is 2.76. The zero-order chi connectivity index (χ0) is 13.4. The molecular formula is C14H20N2O2S. The van der Waals surface area contributed by atoms with Crippen molar-refractivity contribution < 1.29 is 9.90 Å². The predicted octanol–water partition coefficient (Wildman–Crippen LogP) is 3.35. The molecule has 0 bridgehead atoms. The van der Waals surface area contributed by atoms with Crippen LogP contribution in [-0.4, -0.2) is 29.1 Å². The van der Waals surface area contributed by atoms with Gasteiger partial charge in [-0.25, -0.2) is 9.78 Å². The van der Waals surface area contributed by atoms with Crippen molar-refractivity contribution in [3.05, 3.63) is 10.6 Å². The molecule has 1 saturated heterocycles. The van der Waals surface area contributed by atoms with Crippen LogP contribution >= 0.6 is 11.3 Å². The standard InChI is InChI=1S/C14H20N2O2S/c1-9-3-2-7-16(8-6-9)14-15-11(10-4-5-10)12(19-14)13(17)18/h9-10H,2-8H2,1H3,(H,17,18). The number of hydrogen-bond acceptors (Lipinski definition) is 4. The number of carboxylic acids is 1. The van der Waals surface area contributed by atoms with Gasteiger partial charge in [-0.05, 0) is 38.0 Å². The lowest BCUT2D eigenvalue weighted by molar-refractivity contribution is 0.0700. The molecule has 2 heterocycles. The lowest BCUT2D eigenvalue weighted by Gasteiger charge is -2.18. The predicted molar refractivity (Wildman–Crippen MR) is 76.3 cm³/mol. The van der Waals surface area contributed by atoms with Gasteiger partial charge in [0.25, 0.3) is 0 Å². The third-order valence-electron chi connectivity index (χ3n) is 4.09. The van der Waals surface area contributed by atoms with E-state index in [1.54, 1.807) is 0 Å². The number of aromatic carboxylic acids is 1. The van der Waals surface area contributed by atoms with Crippen LogP contribution in [0.2, 0.25) is 0 Å². The Morgan fingerprint density at radius 3 is 2.79 bits per heavy atom. The minimum Gasteiger partial charge on any atom is -0.477 e. The number of thiazole rings is 1. The number of carbonyl (C=O) groups is 1. The van der Waals surface area contributed by atoms with Crippen LogP contribution in [0, 0.1) is 5.92 Å². The highest BCUT2D eigenvalue weighted by atomic mass is 32.1. The Bertz CT molecular complexity index is 482. The molecule has 5 heteroatoms. The highest BCUT2D eigenvalue weighted by Gasteiger charge is 2.33. The Kier molecular flexibility index (Phi) is 3.48. The maximum atomic E-state index is 11.3. The number of hydrogen-bond donors (Lipinski definition) is 1. The van der Waals surface area contributed by atoms with Gasteiger partial charge in [-0.1, -0.05) is 18.3 Å². The first-order chi connectivity index (χ1) is 9.15. The molecule has 2 aliphatic rings. The van der Waals surface area contributed by atoms with Crippen molar-refractivity contribution in [3.63, 3.8) is 0 Å². The van der Waals surface area contributed by atoms with Crippen LogP contribution < -0.4 is 4.90 Å². The molecule has 1 N–H and O–H groups in total. The largest absolute Gasteiger partial charge is 0.477 e. The molecule has 1 aliphatic heterocycles. The lowest BCUT2D eigenvalue weighted by atomic mass is 10.0. The number of nitrogens with zero attached hydrogens (tertiary/aromatic N) is 2. The summed E-state index contributed by atoms with van der Waals surface area (Å²) < 4.78 is 0. The first-order valence-electron chi connectivity index (χ1n) is 7.14. The molecule has 1 aromatic rings. The summed E-state index contributed by atoms with van der Waals surface area (Å²) in [6.07, 6.45) is 5.83. The van der Waals surface area contributed by atoms with Crippen molar-refractivity contribution in [1.82, 2.24) is 4.98 Å². The Hall–Kier alpha value is -1.10. The molecule has 1 aromatic heterocycles.